The summed E-state index contributed by atoms with van der Waals surface area (Å²) >= 11 is 0. The number of hydrogen-bond donors (Lipinski definition) is 1. The molecule has 28 heavy (non-hydrogen) atoms. The Kier molecular flexibility index (Phi) is 5.23. The van der Waals surface area contributed by atoms with Gasteiger partial charge in [-0.15, -0.1) is 0 Å². The van der Waals surface area contributed by atoms with Crippen LogP contribution >= 0.6 is 0 Å². The van der Waals surface area contributed by atoms with Gasteiger partial charge in [0.2, 0.25) is 0 Å². The van der Waals surface area contributed by atoms with E-state index in [0.29, 0.717) is 37.5 Å². The van der Waals surface area contributed by atoms with Crippen molar-refractivity contribution in [3.63, 3.8) is 0 Å². The van der Waals surface area contributed by atoms with Gasteiger partial charge in [-0.05, 0) is 19.1 Å². The number of para-hydroxylation sites is 1. The Bertz CT molecular complexity index is 953. The van der Waals surface area contributed by atoms with E-state index in [1.54, 1.807) is 0 Å². The molecule has 1 unspecified atom stereocenters. The quantitative estimate of drug-likeness (QED) is 0.760. The summed E-state index contributed by atoms with van der Waals surface area (Å²) in [6.45, 7) is 3.90. The van der Waals surface area contributed by atoms with Gasteiger partial charge in [0.1, 0.15) is 5.69 Å². The lowest BCUT2D eigenvalue weighted by Crippen LogP contribution is -2.48. The Labute approximate surface area is 164 Å². The van der Waals surface area contributed by atoms with E-state index in [9.17, 15) is 4.79 Å². The monoisotopic (exact) mass is 376 g/mol. The van der Waals surface area contributed by atoms with E-state index >= 15 is 0 Å². The molecular formula is C22H24N4O2. The number of rotatable bonds is 4. The van der Waals surface area contributed by atoms with E-state index in [-0.39, 0.29) is 12.0 Å². The Balaban J connectivity index is 1.81. The predicted molar refractivity (Wildman–Crippen MR) is 108 cm³/mol. The fourth-order valence-corrected chi connectivity index (χ4v) is 3.58. The van der Waals surface area contributed by atoms with Gasteiger partial charge in [-0.25, -0.2) is 4.68 Å². The fourth-order valence-electron chi connectivity index (χ4n) is 3.58. The molecule has 0 radical (unpaired) electrons. The molecule has 2 aromatic carbocycles. The smallest absolute Gasteiger partial charge is 0.258 e. The summed E-state index contributed by atoms with van der Waals surface area (Å²) in [5.74, 6) is -0.0275. The number of ether oxygens (including phenoxy) is 1. The second-order valence-corrected chi connectivity index (χ2v) is 6.90. The Morgan fingerprint density at radius 3 is 2.50 bits per heavy atom. The van der Waals surface area contributed by atoms with Crippen molar-refractivity contribution in [1.82, 2.24) is 14.7 Å². The SMILES string of the molecule is Cc1c(C(=O)N2CCOC(CN)C2)c(-c2ccccc2)nn1-c1ccccc1. The molecule has 2 heterocycles. The maximum Gasteiger partial charge on any atom is 0.258 e. The molecule has 1 fully saturated rings. The van der Waals surface area contributed by atoms with Gasteiger partial charge in [-0.1, -0.05) is 48.5 Å². The highest BCUT2D eigenvalue weighted by Crippen LogP contribution is 2.29. The number of amides is 1. The lowest BCUT2D eigenvalue weighted by atomic mass is 10.0. The van der Waals surface area contributed by atoms with Crippen molar-refractivity contribution in [3.8, 4) is 16.9 Å². The van der Waals surface area contributed by atoms with Crippen molar-refractivity contribution in [2.75, 3.05) is 26.2 Å². The molecule has 1 aliphatic rings. The highest BCUT2D eigenvalue weighted by atomic mass is 16.5. The van der Waals surface area contributed by atoms with Gasteiger partial charge in [0.05, 0.1) is 29.7 Å². The average molecular weight is 376 g/mol. The third kappa shape index (κ3) is 3.44. The van der Waals surface area contributed by atoms with Crippen LogP contribution in [0.5, 0.6) is 0 Å². The first-order valence-electron chi connectivity index (χ1n) is 9.50. The van der Waals surface area contributed by atoms with Crippen LogP contribution in [0.1, 0.15) is 16.1 Å². The molecule has 0 saturated carbocycles. The minimum absolute atomic E-state index is 0.0275. The van der Waals surface area contributed by atoms with Crippen molar-refractivity contribution >= 4 is 5.91 Å². The zero-order valence-electron chi connectivity index (χ0n) is 15.9. The second kappa shape index (κ2) is 7.96. The van der Waals surface area contributed by atoms with E-state index in [2.05, 4.69) is 0 Å². The van der Waals surface area contributed by atoms with Gasteiger partial charge in [0, 0.05) is 25.2 Å². The zero-order chi connectivity index (χ0) is 19.5. The normalized spacial score (nSPS) is 16.9. The number of carbonyl (C=O) groups is 1. The van der Waals surface area contributed by atoms with Crippen LogP contribution in [0.15, 0.2) is 60.7 Å². The van der Waals surface area contributed by atoms with Crippen molar-refractivity contribution in [2.45, 2.75) is 13.0 Å². The number of aromatic nitrogens is 2. The van der Waals surface area contributed by atoms with Crippen molar-refractivity contribution in [1.29, 1.82) is 0 Å². The highest BCUT2D eigenvalue weighted by Gasteiger charge is 2.30. The molecule has 6 heteroatoms. The molecule has 0 spiro atoms. The minimum atomic E-state index is -0.123. The van der Waals surface area contributed by atoms with E-state index in [0.717, 1.165) is 16.9 Å². The van der Waals surface area contributed by atoms with Crippen LogP contribution in [-0.4, -0.2) is 52.9 Å². The molecule has 2 N–H and O–H groups in total. The summed E-state index contributed by atoms with van der Waals surface area (Å²) in [6.07, 6.45) is -0.123. The van der Waals surface area contributed by atoms with Crippen LogP contribution < -0.4 is 5.73 Å². The third-order valence-corrected chi connectivity index (χ3v) is 5.07. The summed E-state index contributed by atoms with van der Waals surface area (Å²) in [4.78, 5) is 15.3. The van der Waals surface area contributed by atoms with Crippen LogP contribution in [0, 0.1) is 6.92 Å². The van der Waals surface area contributed by atoms with Crippen molar-refractivity contribution in [3.05, 3.63) is 71.9 Å². The Hall–Kier alpha value is -2.96. The molecule has 1 saturated heterocycles. The van der Waals surface area contributed by atoms with Crippen LogP contribution in [0.2, 0.25) is 0 Å². The Morgan fingerprint density at radius 1 is 1.14 bits per heavy atom. The van der Waals surface area contributed by atoms with E-state index in [4.69, 9.17) is 15.6 Å². The fraction of sp³-hybridized carbons (Fsp3) is 0.273. The number of nitrogens with two attached hydrogens (primary N) is 1. The zero-order valence-corrected chi connectivity index (χ0v) is 15.9. The molecule has 144 valence electrons. The van der Waals surface area contributed by atoms with Gasteiger partial charge in [0.25, 0.3) is 5.91 Å². The molecule has 1 amide bonds. The van der Waals surface area contributed by atoms with Crippen LogP contribution in [0.3, 0.4) is 0 Å². The summed E-state index contributed by atoms with van der Waals surface area (Å²) in [5, 5.41) is 4.82. The van der Waals surface area contributed by atoms with Crippen LogP contribution in [-0.2, 0) is 4.74 Å². The van der Waals surface area contributed by atoms with Gasteiger partial charge < -0.3 is 15.4 Å². The summed E-state index contributed by atoms with van der Waals surface area (Å²) < 4.78 is 7.47. The van der Waals surface area contributed by atoms with Crippen LogP contribution in [0.4, 0.5) is 0 Å². The maximum absolute atomic E-state index is 13.5. The molecule has 6 nitrogen and oxygen atoms in total. The topological polar surface area (TPSA) is 73.4 Å². The minimum Gasteiger partial charge on any atom is -0.373 e. The van der Waals surface area contributed by atoms with E-state index < -0.39 is 0 Å². The van der Waals surface area contributed by atoms with Crippen molar-refractivity contribution < 1.29 is 9.53 Å². The highest BCUT2D eigenvalue weighted by molar-refractivity contribution is 6.01. The van der Waals surface area contributed by atoms with E-state index in [1.807, 2.05) is 77.2 Å². The van der Waals surface area contributed by atoms with Crippen molar-refractivity contribution in [2.24, 2.45) is 5.73 Å². The van der Waals surface area contributed by atoms with E-state index in [1.165, 1.54) is 0 Å². The number of nitrogens with zero attached hydrogens (tertiary/aromatic N) is 3. The average Bonchev–Trinajstić information content (AvgIpc) is 3.11. The first kappa shape index (κ1) is 18.4. The molecule has 1 aliphatic heterocycles. The molecule has 4 rings (SSSR count). The molecule has 1 aromatic heterocycles. The Morgan fingerprint density at radius 2 is 1.82 bits per heavy atom. The summed E-state index contributed by atoms with van der Waals surface area (Å²) in [5.41, 5.74) is 9.76. The van der Waals surface area contributed by atoms with Gasteiger partial charge >= 0.3 is 0 Å². The summed E-state index contributed by atoms with van der Waals surface area (Å²) in [6, 6.07) is 19.7. The first-order chi connectivity index (χ1) is 13.7. The standard InChI is InChI=1S/C22H24N4O2/c1-16-20(22(27)25-12-13-28-19(14-23)15-25)21(17-8-4-2-5-9-17)24-26(16)18-10-6-3-7-11-18/h2-11,19H,12-15,23H2,1H3. The molecular weight excluding hydrogens is 352 g/mol. The second-order valence-electron chi connectivity index (χ2n) is 6.90. The molecule has 3 aromatic rings. The maximum atomic E-state index is 13.5. The largest absolute Gasteiger partial charge is 0.373 e. The number of carbonyl (C=O) groups excluding carboxylic acids is 1. The molecule has 0 aliphatic carbocycles. The van der Waals surface area contributed by atoms with Gasteiger partial charge in [-0.3, -0.25) is 4.79 Å². The lowest BCUT2D eigenvalue weighted by Gasteiger charge is -2.32. The van der Waals surface area contributed by atoms with Gasteiger partial charge in [0.15, 0.2) is 0 Å². The molecule has 1 atom stereocenters. The predicted octanol–water partition coefficient (Wildman–Crippen LogP) is 2.65. The number of benzene rings is 2. The van der Waals surface area contributed by atoms with Crippen LogP contribution in [0.25, 0.3) is 16.9 Å². The summed E-state index contributed by atoms with van der Waals surface area (Å²) in [7, 11) is 0. The number of hydrogen-bond acceptors (Lipinski definition) is 4. The third-order valence-electron chi connectivity index (χ3n) is 5.07. The van der Waals surface area contributed by atoms with Gasteiger partial charge in [-0.2, -0.15) is 5.10 Å². The first-order valence-corrected chi connectivity index (χ1v) is 9.50. The lowest BCUT2D eigenvalue weighted by molar-refractivity contribution is -0.0167. The molecule has 0 bridgehead atoms. The number of morpholine rings is 1.